The molecule has 1 amide bonds. The lowest BCUT2D eigenvalue weighted by Gasteiger charge is -2.11. The molecule has 2 rings (SSSR count). The van der Waals surface area contributed by atoms with Crippen molar-refractivity contribution in [1.82, 2.24) is 0 Å². The third-order valence-electron chi connectivity index (χ3n) is 3.77. The Morgan fingerprint density at radius 2 is 1.64 bits per heavy atom. The van der Waals surface area contributed by atoms with Crippen LogP contribution in [0.15, 0.2) is 48.5 Å². The number of carboxylic acids is 1. The Bertz CT molecular complexity index is 710. The van der Waals surface area contributed by atoms with Gasteiger partial charge in [0.2, 0.25) is 0 Å². The van der Waals surface area contributed by atoms with Gasteiger partial charge < -0.3 is 20.0 Å². The Labute approximate surface area is 147 Å². The van der Waals surface area contributed by atoms with Crippen LogP contribution in [0.4, 0.5) is 5.69 Å². The van der Waals surface area contributed by atoms with Crippen LogP contribution in [-0.2, 0) is 0 Å². The van der Waals surface area contributed by atoms with Crippen LogP contribution in [0.2, 0.25) is 0 Å². The second-order valence-corrected chi connectivity index (χ2v) is 5.72. The number of carboxylic acid groups (broad SMARTS) is 1. The van der Waals surface area contributed by atoms with Crippen LogP contribution in [0.5, 0.6) is 5.75 Å². The second-order valence-electron chi connectivity index (χ2n) is 5.72. The molecule has 0 aliphatic rings. The minimum absolute atomic E-state index is 0.0683. The maximum absolute atomic E-state index is 12.3. The first kappa shape index (κ1) is 18.5. The molecule has 0 aromatic heterocycles. The molecule has 2 aromatic carbocycles. The predicted octanol–water partition coefficient (Wildman–Crippen LogP) is 3.26. The summed E-state index contributed by atoms with van der Waals surface area (Å²) in [6, 6.07) is 13.0. The average molecular weight is 340 g/mol. The second kappa shape index (κ2) is 9.47. The summed E-state index contributed by atoms with van der Waals surface area (Å²) in [4.78, 5) is 23.3. The number of amides is 1. The zero-order valence-electron chi connectivity index (χ0n) is 14.3. The van der Waals surface area contributed by atoms with Gasteiger partial charge in [-0.2, -0.15) is 0 Å². The summed E-state index contributed by atoms with van der Waals surface area (Å²) >= 11 is 0. The van der Waals surface area contributed by atoms with E-state index in [9.17, 15) is 14.7 Å². The van der Waals surface area contributed by atoms with Crippen molar-refractivity contribution in [3.05, 3.63) is 59.7 Å². The van der Waals surface area contributed by atoms with Gasteiger partial charge in [-0.15, -0.1) is 0 Å². The number of carbonyl (C=O) groups excluding carboxylic acids is 2. The molecule has 0 radical (unpaired) electrons. The minimum atomic E-state index is -1.38. The van der Waals surface area contributed by atoms with Crippen molar-refractivity contribution >= 4 is 17.6 Å². The topological polar surface area (TPSA) is 78.5 Å². The summed E-state index contributed by atoms with van der Waals surface area (Å²) < 4.78 is 5.65. The van der Waals surface area contributed by atoms with Gasteiger partial charge in [-0.3, -0.25) is 4.79 Å². The normalized spacial score (nSPS) is 10.3. The van der Waals surface area contributed by atoms with E-state index in [1.54, 1.807) is 36.4 Å². The molecule has 2 aromatic rings. The Hall–Kier alpha value is -2.82. The number of benzene rings is 2. The van der Waals surface area contributed by atoms with E-state index in [0.717, 1.165) is 18.6 Å². The number of ether oxygens (including phenoxy) is 1. The molecule has 0 heterocycles. The van der Waals surface area contributed by atoms with Gasteiger partial charge in [-0.1, -0.05) is 44.4 Å². The van der Waals surface area contributed by atoms with Crippen LogP contribution in [0.25, 0.3) is 0 Å². The molecular formula is C20H22NO4-. The fourth-order valence-electron chi connectivity index (χ4n) is 2.41. The first-order chi connectivity index (χ1) is 12.1. The summed E-state index contributed by atoms with van der Waals surface area (Å²) in [5, 5.41) is 13.8. The lowest BCUT2D eigenvalue weighted by Crippen LogP contribution is -2.26. The number of unbranched alkanes of at least 4 members (excludes halogenated alkanes) is 3. The highest BCUT2D eigenvalue weighted by atomic mass is 16.5. The Morgan fingerprint density at radius 3 is 2.28 bits per heavy atom. The lowest BCUT2D eigenvalue weighted by molar-refractivity contribution is -0.255. The number of anilines is 1. The van der Waals surface area contributed by atoms with Crippen molar-refractivity contribution in [3.8, 4) is 5.75 Å². The van der Waals surface area contributed by atoms with E-state index < -0.39 is 11.9 Å². The summed E-state index contributed by atoms with van der Waals surface area (Å²) in [6.45, 7) is 2.84. The molecule has 5 nitrogen and oxygen atoms in total. The number of carbonyl (C=O) groups is 2. The molecule has 1 N–H and O–H groups in total. The van der Waals surface area contributed by atoms with E-state index >= 15 is 0 Å². The fraction of sp³-hybridized carbons (Fsp3) is 0.300. The van der Waals surface area contributed by atoms with Crippen molar-refractivity contribution in [2.45, 2.75) is 32.6 Å². The molecule has 0 saturated heterocycles. The Morgan fingerprint density at radius 1 is 0.960 bits per heavy atom. The van der Waals surface area contributed by atoms with E-state index in [2.05, 4.69) is 12.2 Å². The van der Waals surface area contributed by atoms with E-state index in [0.29, 0.717) is 12.3 Å². The molecule has 0 spiro atoms. The number of hydrogen-bond donors (Lipinski definition) is 1. The van der Waals surface area contributed by atoms with Crippen LogP contribution in [0, 0.1) is 0 Å². The van der Waals surface area contributed by atoms with Crippen molar-refractivity contribution in [3.63, 3.8) is 0 Å². The third-order valence-corrected chi connectivity index (χ3v) is 3.77. The molecule has 25 heavy (non-hydrogen) atoms. The average Bonchev–Trinajstić information content (AvgIpc) is 2.63. The molecule has 0 saturated carbocycles. The quantitative estimate of drug-likeness (QED) is 0.711. The highest BCUT2D eigenvalue weighted by Gasteiger charge is 2.11. The van der Waals surface area contributed by atoms with Crippen molar-refractivity contribution in [2.75, 3.05) is 11.9 Å². The van der Waals surface area contributed by atoms with Gasteiger partial charge in [0, 0.05) is 16.8 Å². The predicted molar refractivity (Wildman–Crippen MR) is 94.8 cm³/mol. The highest BCUT2D eigenvalue weighted by molar-refractivity contribution is 6.10. The van der Waals surface area contributed by atoms with Crippen LogP contribution >= 0.6 is 0 Å². The molecule has 5 heteroatoms. The molecule has 0 atom stereocenters. The van der Waals surface area contributed by atoms with Gasteiger partial charge in [0.25, 0.3) is 5.91 Å². The number of rotatable bonds is 9. The summed E-state index contributed by atoms with van der Waals surface area (Å²) in [6.07, 6.45) is 4.58. The Kier molecular flexibility index (Phi) is 7.01. The summed E-state index contributed by atoms with van der Waals surface area (Å²) in [7, 11) is 0. The van der Waals surface area contributed by atoms with Gasteiger partial charge in [-0.25, -0.2) is 0 Å². The highest BCUT2D eigenvalue weighted by Crippen LogP contribution is 2.18. The summed E-state index contributed by atoms with van der Waals surface area (Å²) in [5.41, 5.74) is 0.502. The molecule has 0 unspecified atom stereocenters. The molecule has 0 aliphatic heterocycles. The van der Waals surface area contributed by atoms with Crippen LogP contribution in [0.1, 0.15) is 53.3 Å². The fourth-order valence-corrected chi connectivity index (χ4v) is 2.41. The van der Waals surface area contributed by atoms with Crippen LogP contribution < -0.4 is 15.2 Å². The van der Waals surface area contributed by atoms with E-state index in [-0.39, 0.29) is 11.1 Å². The monoisotopic (exact) mass is 340 g/mol. The minimum Gasteiger partial charge on any atom is -0.545 e. The van der Waals surface area contributed by atoms with Crippen molar-refractivity contribution in [2.24, 2.45) is 0 Å². The number of nitrogens with one attached hydrogen (secondary N) is 1. The standard InChI is InChI=1S/C20H23NO4/c1-2-3-4-7-14-25-16-12-10-15(11-13-16)21-19(22)17-8-5-6-9-18(17)20(23)24/h5-6,8-13H,2-4,7,14H2,1H3,(H,21,22)(H,23,24)/p-1. The first-order valence-electron chi connectivity index (χ1n) is 8.46. The van der Waals surface area contributed by atoms with E-state index in [1.165, 1.54) is 25.0 Å². The van der Waals surface area contributed by atoms with Crippen LogP contribution in [0.3, 0.4) is 0 Å². The number of aromatic carboxylic acids is 1. The van der Waals surface area contributed by atoms with Gasteiger partial charge in [0.15, 0.2) is 0 Å². The first-order valence-corrected chi connectivity index (χ1v) is 8.46. The van der Waals surface area contributed by atoms with E-state index in [1.807, 2.05) is 0 Å². The van der Waals surface area contributed by atoms with Gasteiger partial charge in [0.1, 0.15) is 5.75 Å². The maximum atomic E-state index is 12.3. The van der Waals surface area contributed by atoms with Crippen molar-refractivity contribution in [1.29, 1.82) is 0 Å². The molecule has 132 valence electrons. The smallest absolute Gasteiger partial charge is 0.256 e. The SMILES string of the molecule is CCCCCCOc1ccc(NC(=O)c2ccccc2C(=O)[O-])cc1. The molecule has 0 bridgehead atoms. The van der Waals surface area contributed by atoms with E-state index in [4.69, 9.17) is 4.74 Å². The zero-order valence-corrected chi connectivity index (χ0v) is 14.3. The van der Waals surface area contributed by atoms with Crippen molar-refractivity contribution < 1.29 is 19.4 Å². The van der Waals surface area contributed by atoms with Gasteiger partial charge >= 0.3 is 0 Å². The molecular weight excluding hydrogens is 318 g/mol. The number of hydrogen-bond acceptors (Lipinski definition) is 4. The zero-order chi connectivity index (χ0) is 18.1. The largest absolute Gasteiger partial charge is 0.545 e. The maximum Gasteiger partial charge on any atom is 0.256 e. The summed E-state index contributed by atoms with van der Waals surface area (Å²) in [5.74, 6) is -1.13. The van der Waals surface area contributed by atoms with Gasteiger partial charge in [0.05, 0.1) is 12.6 Å². The van der Waals surface area contributed by atoms with Crippen LogP contribution in [-0.4, -0.2) is 18.5 Å². The van der Waals surface area contributed by atoms with Gasteiger partial charge in [-0.05, 0) is 36.8 Å². The Balaban J connectivity index is 1.93. The molecule has 0 aliphatic carbocycles. The third kappa shape index (κ3) is 5.64. The lowest BCUT2D eigenvalue weighted by atomic mass is 10.1. The molecule has 0 fully saturated rings.